The van der Waals surface area contributed by atoms with Crippen molar-refractivity contribution in [2.75, 3.05) is 6.61 Å². The number of esters is 1. The Bertz CT molecular complexity index is 812. The van der Waals surface area contributed by atoms with E-state index < -0.39 is 8.07 Å². The van der Waals surface area contributed by atoms with E-state index in [-0.39, 0.29) is 11.8 Å². The number of rotatable bonds is 5. The number of allylic oxidation sites excluding steroid dienone is 4. The monoisotopic (exact) mass is 380 g/mol. The van der Waals surface area contributed by atoms with Crippen molar-refractivity contribution < 1.29 is 14.3 Å². The van der Waals surface area contributed by atoms with Crippen LogP contribution in [0.15, 0.2) is 47.6 Å². The third-order valence-corrected chi connectivity index (χ3v) is 6.18. The molecule has 1 aliphatic rings. The van der Waals surface area contributed by atoms with Crippen molar-refractivity contribution in [1.29, 1.82) is 0 Å². The van der Waals surface area contributed by atoms with Crippen LogP contribution in [0.1, 0.15) is 42.1 Å². The minimum atomic E-state index is -1.20. The number of hydrogen-bond donors (Lipinski definition) is 0. The van der Waals surface area contributed by atoms with Gasteiger partial charge in [0.1, 0.15) is 0 Å². The van der Waals surface area contributed by atoms with Gasteiger partial charge in [-0.3, -0.25) is 4.79 Å². The maximum absolute atomic E-state index is 12.0. The Balaban J connectivity index is 1.93. The molecule has 0 fully saturated rings. The van der Waals surface area contributed by atoms with Crippen molar-refractivity contribution in [3.8, 4) is 11.8 Å². The molecule has 0 aliphatic heterocycles. The first kappa shape index (κ1) is 20.9. The number of carbonyl (C=O) groups is 2. The molecular weight excluding hydrogens is 352 g/mol. The summed E-state index contributed by atoms with van der Waals surface area (Å²) in [5.74, 6) is 5.90. The van der Waals surface area contributed by atoms with Gasteiger partial charge in [-0.05, 0) is 62.2 Å². The molecule has 0 bridgehead atoms. The minimum absolute atomic E-state index is 0.203. The molecule has 1 aromatic rings. The predicted molar refractivity (Wildman–Crippen MR) is 112 cm³/mol. The number of benzene rings is 1. The van der Waals surface area contributed by atoms with E-state index >= 15 is 0 Å². The largest absolute Gasteiger partial charge is 0.462 e. The second kappa shape index (κ2) is 9.52. The van der Waals surface area contributed by atoms with Crippen LogP contribution < -0.4 is 0 Å². The fourth-order valence-corrected chi connectivity index (χ4v) is 3.44. The predicted octanol–water partition coefficient (Wildman–Crippen LogP) is 5.16. The van der Waals surface area contributed by atoms with Gasteiger partial charge in [-0.2, -0.15) is 0 Å². The van der Waals surface area contributed by atoms with Crippen molar-refractivity contribution in [3.63, 3.8) is 0 Å². The quantitative estimate of drug-likeness (QED) is 0.403. The zero-order chi connectivity index (χ0) is 19.9. The van der Waals surface area contributed by atoms with Crippen molar-refractivity contribution in [3.05, 3.63) is 58.7 Å². The summed E-state index contributed by atoms with van der Waals surface area (Å²) in [6, 6.07) is 8.06. The van der Waals surface area contributed by atoms with Crippen molar-refractivity contribution in [1.82, 2.24) is 0 Å². The van der Waals surface area contributed by atoms with Gasteiger partial charge in [-0.1, -0.05) is 37.1 Å². The normalized spacial score (nSPS) is 14.9. The first-order valence-electron chi connectivity index (χ1n) is 9.44. The lowest BCUT2D eigenvalue weighted by Crippen LogP contribution is -2.22. The van der Waals surface area contributed by atoms with Crippen LogP contribution in [-0.4, -0.2) is 26.4 Å². The lowest BCUT2D eigenvalue weighted by Gasteiger charge is -2.15. The van der Waals surface area contributed by atoms with E-state index in [9.17, 15) is 9.59 Å². The van der Waals surface area contributed by atoms with Crippen LogP contribution in [-0.2, 0) is 9.53 Å². The molecule has 1 aliphatic carbocycles. The number of carbonyl (C=O) groups excluding carboxylic acids is 2. The van der Waals surface area contributed by atoms with E-state index in [1.807, 2.05) is 25.1 Å². The molecule has 0 atom stereocenters. The maximum Gasteiger partial charge on any atom is 0.338 e. The van der Waals surface area contributed by atoms with Crippen LogP contribution in [0.25, 0.3) is 0 Å². The van der Waals surface area contributed by atoms with Gasteiger partial charge in [0.2, 0.25) is 0 Å². The fourth-order valence-electron chi connectivity index (χ4n) is 2.73. The molecule has 0 unspecified atom stereocenters. The highest BCUT2D eigenvalue weighted by atomic mass is 28.3. The summed E-state index contributed by atoms with van der Waals surface area (Å²) >= 11 is 0. The Morgan fingerprint density at radius 3 is 2.52 bits per heavy atom. The van der Waals surface area contributed by atoms with Crippen LogP contribution in [0, 0.1) is 11.8 Å². The first-order chi connectivity index (χ1) is 12.8. The zero-order valence-electron chi connectivity index (χ0n) is 16.7. The molecule has 2 rings (SSSR count). The molecule has 0 heterocycles. The van der Waals surface area contributed by atoms with Crippen LogP contribution in [0.4, 0.5) is 0 Å². The molecule has 0 saturated carbocycles. The summed E-state index contributed by atoms with van der Waals surface area (Å²) in [6.45, 7) is 9.25. The van der Waals surface area contributed by atoms with Gasteiger partial charge in [0.05, 0.1) is 12.2 Å². The molecule has 0 N–H and O–H groups in total. The Morgan fingerprint density at radius 2 is 1.89 bits per heavy atom. The number of Topliss-reactive ketones (excluding diaryl/α,β-unsaturated/α-hetero) is 1. The third-order valence-electron chi connectivity index (χ3n) is 4.47. The second-order valence-electron chi connectivity index (χ2n) is 8.10. The van der Waals surface area contributed by atoms with E-state index in [0.29, 0.717) is 18.6 Å². The molecule has 0 aromatic heterocycles. The highest BCUT2D eigenvalue weighted by molar-refractivity contribution is 6.76. The van der Waals surface area contributed by atoms with Crippen molar-refractivity contribution in [2.24, 2.45) is 0 Å². The van der Waals surface area contributed by atoms with Gasteiger partial charge in [0.15, 0.2) is 5.78 Å². The van der Waals surface area contributed by atoms with E-state index in [2.05, 4.69) is 31.5 Å². The third kappa shape index (κ3) is 7.03. The molecule has 4 heteroatoms. The lowest BCUT2D eigenvalue weighted by atomic mass is 9.91. The van der Waals surface area contributed by atoms with Crippen LogP contribution in [0.2, 0.25) is 25.7 Å². The summed E-state index contributed by atoms with van der Waals surface area (Å²) < 4.78 is 5.34. The van der Waals surface area contributed by atoms with Gasteiger partial charge in [-0.15, -0.1) is 0 Å². The summed E-state index contributed by atoms with van der Waals surface area (Å²) in [5.41, 5.74) is 3.30. The Morgan fingerprint density at radius 1 is 1.19 bits per heavy atom. The second-order valence-corrected chi connectivity index (χ2v) is 13.7. The highest BCUT2D eigenvalue weighted by Crippen LogP contribution is 2.22. The van der Waals surface area contributed by atoms with Crippen LogP contribution in [0.5, 0.6) is 0 Å². The number of hydrogen-bond acceptors (Lipinski definition) is 3. The number of ether oxygens (including phenoxy) is 1. The Kier molecular flexibility index (Phi) is 7.38. The van der Waals surface area contributed by atoms with Gasteiger partial charge in [0.25, 0.3) is 0 Å². The van der Waals surface area contributed by atoms with E-state index in [4.69, 9.17) is 4.74 Å². The van der Waals surface area contributed by atoms with Gasteiger partial charge < -0.3 is 4.74 Å². The van der Waals surface area contributed by atoms with E-state index in [0.717, 1.165) is 35.6 Å². The van der Waals surface area contributed by atoms with E-state index in [1.165, 1.54) is 0 Å². The summed E-state index contributed by atoms with van der Waals surface area (Å²) in [5, 5.41) is 0. The molecule has 3 nitrogen and oxygen atoms in total. The Labute approximate surface area is 163 Å². The maximum atomic E-state index is 12.0. The van der Waals surface area contributed by atoms with Gasteiger partial charge in [0, 0.05) is 25.6 Å². The zero-order valence-corrected chi connectivity index (χ0v) is 17.7. The van der Waals surface area contributed by atoms with Crippen LogP contribution >= 0.6 is 0 Å². The summed E-state index contributed by atoms with van der Waals surface area (Å²) in [6.07, 6.45) is 6.09. The fraction of sp³-hybridized carbons (Fsp3) is 0.391. The highest BCUT2D eigenvalue weighted by Gasteiger charge is 2.15. The minimum Gasteiger partial charge on any atom is -0.462 e. The first-order valence-corrected chi connectivity index (χ1v) is 13.2. The molecule has 0 amide bonds. The molecule has 142 valence electrons. The van der Waals surface area contributed by atoms with Crippen molar-refractivity contribution >= 4 is 19.8 Å². The van der Waals surface area contributed by atoms with Gasteiger partial charge in [-0.25, -0.2) is 4.79 Å². The molecule has 1 aromatic carbocycles. The van der Waals surface area contributed by atoms with Crippen LogP contribution in [0.3, 0.4) is 0 Å². The molecule has 0 spiro atoms. The molecule has 0 saturated heterocycles. The summed E-state index contributed by atoms with van der Waals surface area (Å²) in [7, 11) is -1.20. The SMILES string of the molecule is CC1=C(C=CC#Cc2ccc(C(=O)OCC[Si](C)(C)C)cc2)C(=O)CCC1. The average Bonchev–Trinajstić information content (AvgIpc) is 2.60. The standard InChI is InChI=1S/C23H28O3Si/c1-18-8-7-11-22(24)21(18)10-6-5-9-19-12-14-20(15-13-19)23(25)26-16-17-27(2,3)4/h6,10,12-15H,7-8,11,16-17H2,1-4H3. The summed E-state index contributed by atoms with van der Waals surface area (Å²) in [4.78, 5) is 23.9. The Hall–Kier alpha value is -2.38. The number of ketones is 1. The van der Waals surface area contributed by atoms with Crippen molar-refractivity contribution in [2.45, 2.75) is 51.9 Å². The molecule has 0 radical (unpaired) electrons. The smallest absolute Gasteiger partial charge is 0.338 e. The lowest BCUT2D eigenvalue weighted by molar-refractivity contribution is -0.115. The van der Waals surface area contributed by atoms with E-state index in [1.54, 1.807) is 18.2 Å². The van der Waals surface area contributed by atoms with Gasteiger partial charge >= 0.3 is 5.97 Å². The molecular formula is C23H28O3Si. The average molecular weight is 381 g/mol. The molecule has 27 heavy (non-hydrogen) atoms. The topological polar surface area (TPSA) is 43.4 Å².